The Morgan fingerprint density at radius 1 is 0.981 bits per heavy atom. The Morgan fingerprint density at radius 2 is 1.68 bits per heavy atom. The molecule has 8 nitrogen and oxygen atoms in total. The third-order valence-corrected chi connectivity index (χ3v) is 16.5. The van der Waals surface area contributed by atoms with Gasteiger partial charge in [0.1, 0.15) is 6.10 Å². The highest BCUT2D eigenvalue weighted by Gasteiger charge is 2.70. The van der Waals surface area contributed by atoms with E-state index in [1.165, 1.54) is 5.57 Å². The summed E-state index contributed by atoms with van der Waals surface area (Å²) < 4.78 is 6.17. The van der Waals surface area contributed by atoms with E-state index in [9.17, 15) is 24.6 Å². The number of aliphatic carboxylic acids is 1. The molecule has 1 heterocycles. The second-order valence-electron chi connectivity index (χ2n) is 20.1. The number of pyridine rings is 1. The number of ketones is 1. The maximum absolute atomic E-state index is 14.1. The quantitative estimate of drug-likeness (QED) is 0.202. The van der Waals surface area contributed by atoms with E-state index in [4.69, 9.17) is 16.3 Å². The molecule has 1 aromatic heterocycles. The Morgan fingerprint density at radius 3 is 2.30 bits per heavy atom. The molecule has 1 aromatic rings. The number of carbonyl (C=O) groups excluding carboxylic acids is 2. The molecule has 0 amide bonds. The summed E-state index contributed by atoms with van der Waals surface area (Å²) in [6.07, 6.45) is 8.65. The van der Waals surface area contributed by atoms with Gasteiger partial charge in [-0.05, 0) is 130 Å². The van der Waals surface area contributed by atoms with Crippen molar-refractivity contribution in [3.63, 3.8) is 0 Å². The first-order valence-electron chi connectivity index (χ1n) is 20.3. The molecule has 0 bridgehead atoms. The highest BCUT2D eigenvalue weighted by atomic mass is 35.5. The highest BCUT2D eigenvalue weighted by Crippen LogP contribution is 2.77. The number of aliphatic hydroxyl groups is 1. The molecule has 0 radical (unpaired) electrons. The number of allylic oxidation sites excluding steroid dienone is 1. The van der Waals surface area contributed by atoms with E-state index >= 15 is 0 Å². The van der Waals surface area contributed by atoms with Crippen molar-refractivity contribution in [2.75, 3.05) is 6.54 Å². The van der Waals surface area contributed by atoms with Gasteiger partial charge in [-0.2, -0.15) is 0 Å². The van der Waals surface area contributed by atoms with Crippen LogP contribution in [0, 0.1) is 56.2 Å². The van der Waals surface area contributed by atoms with E-state index < -0.39 is 28.9 Å². The fourth-order valence-corrected chi connectivity index (χ4v) is 13.3. The number of aromatic nitrogens is 1. The third-order valence-electron chi connectivity index (χ3n) is 16.3. The number of hydrogen-bond acceptors (Lipinski definition) is 7. The van der Waals surface area contributed by atoms with E-state index in [0.717, 1.165) is 62.6 Å². The molecule has 0 spiro atoms. The number of carboxylic acids is 1. The zero-order chi connectivity index (χ0) is 39.1. The zero-order valence-corrected chi connectivity index (χ0v) is 34.7. The van der Waals surface area contributed by atoms with Crippen molar-refractivity contribution in [3.05, 3.63) is 40.2 Å². The van der Waals surface area contributed by atoms with Gasteiger partial charge in [0.2, 0.25) is 0 Å². The molecule has 4 fully saturated rings. The minimum Gasteiger partial charge on any atom is -0.481 e. The summed E-state index contributed by atoms with van der Waals surface area (Å²) in [5.41, 5.74) is 1.18. The van der Waals surface area contributed by atoms with Crippen LogP contribution in [-0.4, -0.2) is 51.7 Å². The Labute approximate surface area is 322 Å². The summed E-state index contributed by atoms with van der Waals surface area (Å²) in [5.74, 6) is -0.0389. The molecule has 10 atom stereocenters. The molecule has 3 N–H and O–H groups in total. The van der Waals surface area contributed by atoms with Crippen LogP contribution in [-0.2, 0) is 19.1 Å². The summed E-state index contributed by atoms with van der Waals surface area (Å²) in [6, 6.07) is 3.67. The van der Waals surface area contributed by atoms with E-state index in [1.807, 2.05) is 19.1 Å². The van der Waals surface area contributed by atoms with Crippen LogP contribution in [0.3, 0.4) is 0 Å². The van der Waals surface area contributed by atoms with Crippen molar-refractivity contribution in [2.24, 2.45) is 56.2 Å². The van der Waals surface area contributed by atoms with Crippen LogP contribution in [0.5, 0.6) is 0 Å². The van der Waals surface area contributed by atoms with E-state index in [-0.39, 0.29) is 57.8 Å². The van der Waals surface area contributed by atoms with Gasteiger partial charge in [0.25, 0.3) is 0 Å². The minimum absolute atomic E-state index is 0.0307. The summed E-state index contributed by atoms with van der Waals surface area (Å²) in [5, 5.41) is 26.0. The fourth-order valence-electron chi connectivity index (χ4n) is 13.1. The Kier molecular flexibility index (Phi) is 10.5. The molecular weight excluding hydrogens is 688 g/mol. The van der Waals surface area contributed by atoms with Gasteiger partial charge in [0.15, 0.2) is 5.78 Å². The first-order valence-corrected chi connectivity index (χ1v) is 20.7. The number of esters is 1. The fraction of sp³-hybridized carbons (Fsp3) is 0.773. The molecule has 0 aliphatic heterocycles. The first kappa shape index (κ1) is 40.4. The lowest BCUT2D eigenvalue weighted by Gasteiger charge is -2.72. The number of Topliss-reactive ketones (excluding diaryl/α,β-unsaturated/α-hetero) is 1. The van der Waals surface area contributed by atoms with Crippen molar-refractivity contribution in [3.8, 4) is 0 Å². The molecule has 9 heteroatoms. The molecule has 1 unspecified atom stereocenters. The summed E-state index contributed by atoms with van der Waals surface area (Å²) in [6.45, 7) is 22.0. The number of nitrogens with zero attached hydrogens (tertiary/aromatic N) is 1. The average molecular weight is 753 g/mol. The number of aliphatic hydroxyl groups excluding tert-OH is 1. The van der Waals surface area contributed by atoms with Crippen molar-refractivity contribution >= 4 is 29.3 Å². The Balaban J connectivity index is 1.26. The van der Waals surface area contributed by atoms with Crippen molar-refractivity contribution in [1.29, 1.82) is 0 Å². The Hall–Kier alpha value is -2.29. The minimum atomic E-state index is -1.17. The summed E-state index contributed by atoms with van der Waals surface area (Å²) in [4.78, 5) is 43.4. The van der Waals surface area contributed by atoms with Crippen LogP contribution in [0.4, 0.5) is 0 Å². The van der Waals surface area contributed by atoms with E-state index in [2.05, 4.69) is 58.8 Å². The molecule has 6 rings (SSSR count). The van der Waals surface area contributed by atoms with Crippen LogP contribution >= 0.6 is 11.6 Å². The average Bonchev–Trinajstić information content (AvgIpc) is 3.38. The summed E-state index contributed by atoms with van der Waals surface area (Å²) >= 11 is 6.09. The van der Waals surface area contributed by atoms with Crippen LogP contribution in [0.1, 0.15) is 145 Å². The van der Waals surface area contributed by atoms with Crippen LogP contribution in [0.2, 0.25) is 5.02 Å². The largest absolute Gasteiger partial charge is 0.481 e. The highest BCUT2D eigenvalue weighted by molar-refractivity contribution is 6.30. The topological polar surface area (TPSA) is 126 Å². The monoisotopic (exact) mass is 752 g/mol. The lowest BCUT2D eigenvalue weighted by atomic mass is 9.33. The van der Waals surface area contributed by atoms with E-state index in [1.54, 1.807) is 20.0 Å². The van der Waals surface area contributed by atoms with Gasteiger partial charge in [-0.25, -0.2) is 0 Å². The molecule has 4 saturated carbocycles. The van der Waals surface area contributed by atoms with Gasteiger partial charge in [-0.3, -0.25) is 19.4 Å². The molecule has 0 aromatic carbocycles. The van der Waals surface area contributed by atoms with Gasteiger partial charge < -0.3 is 20.3 Å². The molecule has 294 valence electrons. The van der Waals surface area contributed by atoms with Crippen molar-refractivity contribution in [2.45, 2.75) is 152 Å². The maximum Gasteiger partial charge on any atom is 0.309 e. The zero-order valence-electron chi connectivity index (χ0n) is 33.9. The second kappa shape index (κ2) is 13.7. The van der Waals surface area contributed by atoms with Crippen molar-refractivity contribution < 1.29 is 29.3 Å². The molecule has 5 aliphatic carbocycles. The number of hydrogen-bond donors (Lipinski definition) is 3. The van der Waals surface area contributed by atoms with Gasteiger partial charge in [-0.15, -0.1) is 0 Å². The number of nitrogens with one attached hydrogen (secondary N) is 1. The number of carboxylic acid groups (broad SMARTS) is 1. The van der Waals surface area contributed by atoms with Crippen LogP contribution in [0.25, 0.3) is 0 Å². The van der Waals surface area contributed by atoms with Gasteiger partial charge in [0, 0.05) is 36.0 Å². The smallest absolute Gasteiger partial charge is 0.309 e. The number of rotatable bonds is 10. The predicted molar refractivity (Wildman–Crippen MR) is 207 cm³/mol. The molecule has 53 heavy (non-hydrogen) atoms. The number of carbonyl (C=O) groups is 3. The lowest BCUT2D eigenvalue weighted by molar-refractivity contribution is -0.235. The number of ether oxygens (including phenoxy) is 1. The predicted octanol–water partition coefficient (Wildman–Crippen LogP) is 9.14. The first-order chi connectivity index (χ1) is 24.5. The molecular formula is C44H65ClN2O6. The SMILES string of the molecule is CC(C)C1=C2[C@H]3CC[C@@H]4[C@@]5(C)CCC(OC(=O)CC(C)(C)C(=O)O)C(C)(C)[C@@H]5CC[C@@]4(C)[C@]3(C)CC[C@@]2([C@H](O)CN[C@@H](C)c2ccc(Cl)cn2)CC1=O. The standard InChI is InChI=1S/C44H65ClN2O6/c1-25(2)36-30(48)21-44(33(49)24-46-26(3)29-13-11-27(45)23-47-29)20-19-42(9)28(37(36)44)12-14-32-41(8)17-16-34(53-35(50)22-39(4,5)38(51)52)40(6,7)31(41)15-18-43(32,42)10/h11,13,23,25-26,28,31-34,46,49H,12,14-22,24H2,1-10H3,(H,51,52)/t26-,28+,31-,32+,33+,34?,41-,42+,43+,44-/m0/s1. The normalized spacial score (nSPS) is 37.6. The van der Waals surface area contributed by atoms with Gasteiger partial charge in [-0.1, -0.05) is 65.6 Å². The van der Waals surface area contributed by atoms with E-state index in [0.29, 0.717) is 29.8 Å². The maximum atomic E-state index is 14.1. The Bertz CT molecular complexity index is 1650. The molecule has 5 aliphatic rings. The third kappa shape index (κ3) is 6.33. The van der Waals surface area contributed by atoms with Crippen molar-refractivity contribution in [1.82, 2.24) is 10.3 Å². The lowest BCUT2D eigenvalue weighted by Crippen LogP contribution is -2.66. The number of fused-ring (bicyclic) bond motifs is 7. The number of halogens is 1. The molecule has 0 saturated heterocycles. The van der Waals surface area contributed by atoms with Crippen LogP contribution < -0.4 is 5.32 Å². The van der Waals surface area contributed by atoms with Gasteiger partial charge in [0.05, 0.1) is 28.7 Å². The van der Waals surface area contributed by atoms with Gasteiger partial charge >= 0.3 is 11.9 Å². The van der Waals surface area contributed by atoms with Crippen LogP contribution in [0.15, 0.2) is 29.5 Å². The second-order valence-corrected chi connectivity index (χ2v) is 20.5. The summed E-state index contributed by atoms with van der Waals surface area (Å²) in [7, 11) is 0.